The highest BCUT2D eigenvalue weighted by atomic mass is 35.5. The van der Waals surface area contributed by atoms with Crippen molar-refractivity contribution in [2.75, 3.05) is 13.1 Å². The third kappa shape index (κ3) is 3.92. The van der Waals surface area contributed by atoms with E-state index in [1.807, 2.05) is 0 Å². The second-order valence-corrected chi connectivity index (χ2v) is 6.02. The van der Waals surface area contributed by atoms with E-state index in [1.54, 1.807) is 0 Å². The molecule has 0 N–H and O–H groups in total. The Morgan fingerprint density at radius 2 is 2.29 bits per heavy atom. The molecule has 2 rings (SSSR count). The minimum atomic E-state index is -0.822. The van der Waals surface area contributed by atoms with Crippen molar-refractivity contribution in [1.82, 2.24) is 4.90 Å². The number of nitrogens with zero attached hydrogens (tertiary/aromatic N) is 2. The molecule has 0 bridgehead atoms. The zero-order valence-corrected chi connectivity index (χ0v) is 12.9. The van der Waals surface area contributed by atoms with Crippen LogP contribution in [-0.4, -0.2) is 29.0 Å². The molecule has 0 spiro atoms. The van der Waals surface area contributed by atoms with Gasteiger partial charge in [0.2, 0.25) is 5.82 Å². The molecule has 6 heteroatoms. The molecular formula is C15H20ClFN2O2. The number of halogens is 2. The van der Waals surface area contributed by atoms with E-state index < -0.39 is 16.4 Å². The Bertz CT molecular complexity index is 512. The van der Waals surface area contributed by atoms with E-state index in [0.29, 0.717) is 18.2 Å². The Morgan fingerprint density at radius 1 is 1.52 bits per heavy atom. The van der Waals surface area contributed by atoms with Crippen molar-refractivity contribution < 1.29 is 9.31 Å². The predicted molar refractivity (Wildman–Crippen MR) is 81.2 cm³/mol. The van der Waals surface area contributed by atoms with Crippen LogP contribution in [0, 0.1) is 15.9 Å². The normalized spacial score (nSPS) is 21.2. The van der Waals surface area contributed by atoms with Gasteiger partial charge in [-0.05, 0) is 37.4 Å². The van der Waals surface area contributed by atoms with Crippen LogP contribution in [0.1, 0.15) is 43.5 Å². The first-order chi connectivity index (χ1) is 10.0. The first-order valence-corrected chi connectivity index (χ1v) is 7.78. The fourth-order valence-electron chi connectivity index (χ4n) is 2.94. The maximum atomic E-state index is 13.4. The van der Waals surface area contributed by atoms with E-state index in [9.17, 15) is 14.5 Å². The predicted octanol–water partition coefficient (Wildman–Crippen LogP) is 4.28. The topological polar surface area (TPSA) is 46.4 Å². The van der Waals surface area contributed by atoms with E-state index in [0.717, 1.165) is 25.5 Å². The van der Waals surface area contributed by atoms with Gasteiger partial charge in [0, 0.05) is 18.7 Å². The number of hydrogen-bond acceptors (Lipinski definition) is 3. The molecule has 0 radical (unpaired) electrons. The summed E-state index contributed by atoms with van der Waals surface area (Å²) in [5, 5.41) is 10.4. The number of hydrogen-bond donors (Lipinski definition) is 0. The molecule has 4 nitrogen and oxygen atoms in total. The Kier molecular flexibility index (Phi) is 5.53. The molecule has 1 fully saturated rings. The van der Waals surface area contributed by atoms with Gasteiger partial charge in [0.15, 0.2) is 0 Å². The highest BCUT2D eigenvalue weighted by Crippen LogP contribution is 2.29. The van der Waals surface area contributed by atoms with Crippen molar-refractivity contribution in [3.8, 4) is 0 Å². The Balaban J connectivity index is 2.10. The lowest BCUT2D eigenvalue weighted by Gasteiger charge is -2.36. The van der Waals surface area contributed by atoms with Crippen LogP contribution in [-0.2, 0) is 0 Å². The van der Waals surface area contributed by atoms with Crippen LogP contribution in [0.25, 0.3) is 0 Å². The number of nitro groups is 1. The van der Waals surface area contributed by atoms with Gasteiger partial charge in [-0.15, -0.1) is 11.6 Å². The average molecular weight is 315 g/mol. The fourth-order valence-corrected chi connectivity index (χ4v) is 3.25. The largest absolute Gasteiger partial charge is 0.305 e. The van der Waals surface area contributed by atoms with Crippen LogP contribution in [0.3, 0.4) is 0 Å². The Labute approximate surface area is 129 Å². The smallest absolute Gasteiger partial charge is 0.299 e. The van der Waals surface area contributed by atoms with Crippen LogP contribution < -0.4 is 0 Å². The molecule has 1 aliphatic heterocycles. The van der Waals surface area contributed by atoms with Gasteiger partial charge in [-0.25, -0.2) is 0 Å². The third-order valence-electron chi connectivity index (χ3n) is 4.14. The average Bonchev–Trinajstić information content (AvgIpc) is 2.47. The van der Waals surface area contributed by atoms with Gasteiger partial charge in [-0.3, -0.25) is 15.0 Å². The van der Waals surface area contributed by atoms with Crippen molar-refractivity contribution in [2.45, 2.75) is 44.0 Å². The highest BCUT2D eigenvalue weighted by molar-refractivity contribution is 6.21. The van der Waals surface area contributed by atoms with Gasteiger partial charge in [0.1, 0.15) is 0 Å². The number of benzene rings is 1. The lowest BCUT2D eigenvalue weighted by molar-refractivity contribution is -0.387. The number of piperidine rings is 1. The zero-order valence-electron chi connectivity index (χ0n) is 12.1. The summed E-state index contributed by atoms with van der Waals surface area (Å²) in [7, 11) is 0. The summed E-state index contributed by atoms with van der Waals surface area (Å²) in [6.45, 7) is 3.81. The Morgan fingerprint density at radius 3 is 2.95 bits per heavy atom. The molecule has 2 atom stereocenters. The molecule has 1 aliphatic rings. The van der Waals surface area contributed by atoms with E-state index >= 15 is 0 Å². The first kappa shape index (κ1) is 16.2. The van der Waals surface area contributed by atoms with Gasteiger partial charge >= 0.3 is 5.69 Å². The van der Waals surface area contributed by atoms with Gasteiger partial charge < -0.3 is 0 Å². The maximum absolute atomic E-state index is 13.4. The monoisotopic (exact) mass is 314 g/mol. The standard InChI is InChI=1S/C15H20ClFN2O2/c1-2-12-5-3-4-8-18(12)10-13(16)11-6-7-14(17)15(9-11)19(20)21/h6-7,9,12-13H,2-5,8,10H2,1H3. The summed E-state index contributed by atoms with van der Waals surface area (Å²) in [6, 6.07) is 4.43. The SMILES string of the molecule is CCC1CCCCN1CC(Cl)c1ccc(F)c([N+](=O)[O-])c1. The summed E-state index contributed by atoms with van der Waals surface area (Å²) in [6.07, 6.45) is 4.64. The number of likely N-dealkylation sites (tertiary alicyclic amines) is 1. The molecule has 1 saturated heterocycles. The minimum absolute atomic E-state index is 0.364. The molecular weight excluding hydrogens is 295 g/mol. The zero-order chi connectivity index (χ0) is 15.4. The van der Waals surface area contributed by atoms with E-state index in [4.69, 9.17) is 11.6 Å². The third-order valence-corrected chi connectivity index (χ3v) is 4.53. The van der Waals surface area contributed by atoms with E-state index in [-0.39, 0.29) is 5.38 Å². The molecule has 1 heterocycles. The molecule has 2 unspecified atom stereocenters. The quantitative estimate of drug-likeness (QED) is 0.463. The van der Waals surface area contributed by atoms with Crippen LogP contribution in [0.2, 0.25) is 0 Å². The van der Waals surface area contributed by atoms with Crippen molar-refractivity contribution in [3.05, 3.63) is 39.7 Å². The highest BCUT2D eigenvalue weighted by Gasteiger charge is 2.25. The summed E-state index contributed by atoms with van der Waals surface area (Å²) < 4.78 is 13.4. The van der Waals surface area contributed by atoms with Gasteiger partial charge in [-0.2, -0.15) is 4.39 Å². The van der Waals surface area contributed by atoms with Crippen LogP contribution in [0.4, 0.5) is 10.1 Å². The lowest BCUT2D eigenvalue weighted by atomic mass is 9.99. The number of alkyl halides is 1. The summed E-state index contributed by atoms with van der Waals surface area (Å²) in [4.78, 5) is 12.4. The molecule has 0 saturated carbocycles. The summed E-state index contributed by atoms with van der Waals surface area (Å²) in [5.41, 5.74) is 0.0917. The lowest BCUT2D eigenvalue weighted by Crippen LogP contribution is -2.40. The number of nitro benzene ring substituents is 1. The minimum Gasteiger partial charge on any atom is -0.299 e. The van der Waals surface area contributed by atoms with Crippen molar-refractivity contribution in [2.24, 2.45) is 0 Å². The second-order valence-electron chi connectivity index (χ2n) is 5.49. The molecule has 1 aromatic rings. The van der Waals surface area contributed by atoms with Gasteiger partial charge in [-0.1, -0.05) is 19.4 Å². The first-order valence-electron chi connectivity index (χ1n) is 7.35. The molecule has 0 aromatic heterocycles. The molecule has 116 valence electrons. The second kappa shape index (κ2) is 7.18. The maximum Gasteiger partial charge on any atom is 0.305 e. The van der Waals surface area contributed by atoms with Crippen LogP contribution in [0.5, 0.6) is 0 Å². The van der Waals surface area contributed by atoms with Crippen LogP contribution in [0.15, 0.2) is 18.2 Å². The summed E-state index contributed by atoms with van der Waals surface area (Å²) in [5.74, 6) is -0.822. The molecule has 1 aromatic carbocycles. The van der Waals surface area contributed by atoms with Crippen molar-refractivity contribution >= 4 is 17.3 Å². The van der Waals surface area contributed by atoms with Gasteiger partial charge in [0.05, 0.1) is 10.3 Å². The van der Waals surface area contributed by atoms with Crippen LogP contribution >= 0.6 is 11.6 Å². The molecule has 0 aliphatic carbocycles. The Hall–Kier alpha value is -1.20. The molecule has 21 heavy (non-hydrogen) atoms. The van der Waals surface area contributed by atoms with Gasteiger partial charge in [0.25, 0.3) is 0 Å². The summed E-state index contributed by atoms with van der Waals surface area (Å²) >= 11 is 6.40. The van der Waals surface area contributed by atoms with E-state index in [1.165, 1.54) is 25.0 Å². The van der Waals surface area contributed by atoms with E-state index in [2.05, 4.69) is 11.8 Å². The van der Waals surface area contributed by atoms with Crippen molar-refractivity contribution in [3.63, 3.8) is 0 Å². The van der Waals surface area contributed by atoms with Crippen molar-refractivity contribution in [1.29, 1.82) is 0 Å². The molecule has 0 amide bonds. The number of rotatable bonds is 5. The fraction of sp³-hybridized carbons (Fsp3) is 0.600.